The van der Waals surface area contributed by atoms with E-state index in [1.165, 1.54) is 13.0 Å². The summed E-state index contributed by atoms with van der Waals surface area (Å²) in [5.41, 5.74) is 0.421. The van der Waals surface area contributed by atoms with Gasteiger partial charge in [0.1, 0.15) is 0 Å². The number of para-hydroxylation sites is 1. The van der Waals surface area contributed by atoms with Gasteiger partial charge in [0.15, 0.2) is 12.3 Å². The quantitative estimate of drug-likeness (QED) is 0.669. The van der Waals surface area contributed by atoms with E-state index in [2.05, 4.69) is 0 Å². The predicted molar refractivity (Wildman–Crippen MR) is 72.4 cm³/mol. The summed E-state index contributed by atoms with van der Waals surface area (Å²) in [6, 6.07) is 4.60. The fraction of sp³-hybridized carbons (Fsp3) is 0.455. The average Bonchev–Trinajstić information content (AvgIpc) is 2.27. The number of hydrogen-bond acceptors (Lipinski definition) is 4. The third-order valence-electron chi connectivity index (χ3n) is 2.61. The molecule has 1 atom stereocenters. The molecule has 108 valence electrons. The van der Waals surface area contributed by atoms with E-state index < -0.39 is 28.8 Å². The Balaban J connectivity index is 3.61. The maximum atomic E-state index is 13.2. The second-order valence-electron chi connectivity index (χ2n) is 4.35. The second-order valence-corrected chi connectivity index (χ2v) is 6.28. The third kappa shape index (κ3) is 3.58. The number of aliphatic hydroxyl groups excluding tert-OH is 1. The van der Waals surface area contributed by atoms with Gasteiger partial charge in [-0.05, 0) is 18.4 Å². The molecule has 0 aliphatic rings. The molecule has 0 heterocycles. The Hall–Kier alpha value is -0.860. The summed E-state index contributed by atoms with van der Waals surface area (Å²) in [6.07, 6.45) is -1.05. The molecule has 1 aromatic carbocycles. The highest BCUT2D eigenvalue weighted by molar-refractivity contribution is 8.10. The van der Waals surface area contributed by atoms with E-state index in [1.54, 1.807) is 26.0 Å². The van der Waals surface area contributed by atoms with Crippen molar-refractivity contribution in [3.63, 3.8) is 0 Å². The summed E-state index contributed by atoms with van der Waals surface area (Å²) in [6.45, 7) is 4.92. The van der Waals surface area contributed by atoms with Crippen molar-refractivity contribution in [1.29, 1.82) is 0 Å². The first-order valence-corrected chi connectivity index (χ1v) is 7.56. The number of benzene rings is 1. The molecular weight excluding hydrogens is 296 g/mol. The lowest BCUT2D eigenvalue weighted by Gasteiger charge is -2.23. The molecule has 0 bridgehead atoms. The molecule has 8 heteroatoms. The highest BCUT2D eigenvalue weighted by Gasteiger charge is 2.30. The van der Waals surface area contributed by atoms with Crippen molar-refractivity contribution in [2.75, 3.05) is 3.71 Å². The maximum absolute atomic E-state index is 13.2. The van der Waals surface area contributed by atoms with Crippen LogP contribution in [0.1, 0.15) is 43.9 Å². The molecular formula is C11H15F2NO3S2. The van der Waals surface area contributed by atoms with Crippen LogP contribution < -0.4 is 3.71 Å². The number of rotatable bonds is 5. The summed E-state index contributed by atoms with van der Waals surface area (Å²) < 4.78 is 48.1. The number of hydrogen-bond donors (Lipinski definition) is 1. The number of aliphatic hydroxyl groups is 1. The molecule has 4 nitrogen and oxygen atoms in total. The van der Waals surface area contributed by atoms with Crippen molar-refractivity contribution in [2.45, 2.75) is 32.8 Å². The molecule has 0 fully saturated rings. The summed E-state index contributed by atoms with van der Waals surface area (Å²) in [7, 11) is -5.27. The molecule has 0 aromatic heterocycles. The SMILES string of the molecule is CC(C)c1cccc(C(C)O)c1N(SF)S(=O)(=O)F. The Bertz CT molecular complexity index is 521. The summed E-state index contributed by atoms with van der Waals surface area (Å²) >= 11 is -0.748. The van der Waals surface area contributed by atoms with Crippen LogP contribution in [0.15, 0.2) is 18.2 Å². The zero-order valence-electron chi connectivity index (χ0n) is 10.7. The first-order valence-electron chi connectivity index (χ1n) is 5.54. The van der Waals surface area contributed by atoms with Gasteiger partial charge in [0.25, 0.3) is 0 Å². The standard InChI is InChI=1S/C11H15F2NO3S2/c1-7(2)9-5-4-6-10(8(3)15)11(9)14(18-12)19(13,16)17/h4-8,15H,1-3H3. The van der Waals surface area contributed by atoms with Gasteiger partial charge in [-0.2, -0.15) is 12.1 Å². The van der Waals surface area contributed by atoms with Crippen LogP contribution in [-0.4, -0.2) is 13.5 Å². The van der Waals surface area contributed by atoms with Crippen molar-refractivity contribution in [3.05, 3.63) is 29.3 Å². The minimum absolute atomic E-state index is 0.0512. The largest absolute Gasteiger partial charge is 0.411 e. The van der Waals surface area contributed by atoms with E-state index in [4.69, 9.17) is 0 Å². The van der Waals surface area contributed by atoms with E-state index in [-0.39, 0.29) is 20.9 Å². The third-order valence-corrected chi connectivity index (χ3v) is 4.20. The minimum atomic E-state index is -5.27. The highest BCUT2D eigenvalue weighted by atomic mass is 32.3. The van der Waals surface area contributed by atoms with Crippen LogP contribution in [0.3, 0.4) is 0 Å². The van der Waals surface area contributed by atoms with Crippen molar-refractivity contribution < 1.29 is 21.3 Å². The maximum Gasteiger partial charge on any atom is 0.411 e. The van der Waals surface area contributed by atoms with Gasteiger partial charge in [0.05, 0.1) is 11.8 Å². The fourth-order valence-corrected chi connectivity index (χ4v) is 2.75. The zero-order chi connectivity index (χ0) is 14.8. The van der Waals surface area contributed by atoms with E-state index in [9.17, 15) is 21.3 Å². The molecule has 0 aliphatic heterocycles. The van der Waals surface area contributed by atoms with Crippen LogP contribution in [-0.2, 0) is 10.4 Å². The van der Waals surface area contributed by atoms with E-state index in [0.717, 1.165) is 0 Å². The van der Waals surface area contributed by atoms with Crippen LogP contribution >= 0.6 is 12.3 Å². The summed E-state index contributed by atoms with van der Waals surface area (Å²) in [4.78, 5) is 0. The van der Waals surface area contributed by atoms with E-state index in [1.807, 2.05) is 0 Å². The minimum Gasteiger partial charge on any atom is -0.389 e. The average molecular weight is 311 g/mol. The molecule has 0 spiro atoms. The Morgan fingerprint density at radius 1 is 1.26 bits per heavy atom. The van der Waals surface area contributed by atoms with Crippen LogP contribution in [0, 0.1) is 0 Å². The highest BCUT2D eigenvalue weighted by Crippen LogP contribution is 2.40. The smallest absolute Gasteiger partial charge is 0.389 e. The molecule has 1 unspecified atom stereocenters. The van der Waals surface area contributed by atoms with Gasteiger partial charge in [0.2, 0.25) is 0 Å². The Morgan fingerprint density at radius 3 is 2.16 bits per heavy atom. The Kier molecular flexibility index (Phi) is 5.17. The van der Waals surface area contributed by atoms with Gasteiger partial charge in [0, 0.05) is 5.56 Å². The number of anilines is 1. The topological polar surface area (TPSA) is 57.6 Å². The molecule has 19 heavy (non-hydrogen) atoms. The molecule has 1 rings (SSSR count). The molecule has 0 radical (unpaired) electrons. The van der Waals surface area contributed by atoms with Crippen molar-refractivity contribution in [1.82, 2.24) is 0 Å². The first-order chi connectivity index (χ1) is 8.70. The summed E-state index contributed by atoms with van der Waals surface area (Å²) in [5, 5.41) is 9.65. The second kappa shape index (κ2) is 6.06. The van der Waals surface area contributed by atoms with Crippen LogP contribution in [0.25, 0.3) is 0 Å². The lowest BCUT2D eigenvalue weighted by Crippen LogP contribution is -2.22. The normalized spacial score (nSPS) is 13.6. The van der Waals surface area contributed by atoms with Crippen molar-refractivity contribution in [2.24, 2.45) is 0 Å². The van der Waals surface area contributed by atoms with Gasteiger partial charge in [-0.3, -0.25) is 0 Å². The van der Waals surface area contributed by atoms with Gasteiger partial charge < -0.3 is 5.11 Å². The number of halogens is 2. The van der Waals surface area contributed by atoms with Crippen molar-refractivity contribution >= 4 is 28.4 Å². The molecule has 0 aliphatic carbocycles. The molecule has 1 aromatic rings. The first kappa shape index (κ1) is 16.2. The van der Waals surface area contributed by atoms with Gasteiger partial charge in [-0.25, -0.2) is 0 Å². The fourth-order valence-electron chi connectivity index (χ4n) is 1.77. The molecule has 0 amide bonds. The van der Waals surface area contributed by atoms with Gasteiger partial charge in [-0.15, -0.1) is 3.89 Å². The lowest BCUT2D eigenvalue weighted by molar-refractivity contribution is 0.200. The zero-order valence-corrected chi connectivity index (χ0v) is 12.3. The lowest BCUT2D eigenvalue weighted by atomic mass is 9.96. The monoisotopic (exact) mass is 311 g/mol. The van der Waals surface area contributed by atoms with E-state index in [0.29, 0.717) is 5.56 Å². The summed E-state index contributed by atoms with van der Waals surface area (Å²) in [5.74, 6) is -0.162. The van der Waals surface area contributed by atoms with Crippen molar-refractivity contribution in [3.8, 4) is 0 Å². The van der Waals surface area contributed by atoms with Crippen LogP contribution in [0.2, 0.25) is 0 Å². The van der Waals surface area contributed by atoms with Gasteiger partial charge >= 0.3 is 10.4 Å². The van der Waals surface area contributed by atoms with Crippen LogP contribution in [0.5, 0.6) is 0 Å². The predicted octanol–water partition coefficient (Wildman–Crippen LogP) is 3.42. The molecule has 1 N–H and O–H groups in total. The van der Waals surface area contributed by atoms with Gasteiger partial charge in [-0.1, -0.05) is 35.9 Å². The number of nitrogens with zero attached hydrogens (tertiary/aromatic N) is 1. The molecule has 0 saturated carbocycles. The van der Waals surface area contributed by atoms with Crippen LogP contribution in [0.4, 0.5) is 13.5 Å². The molecule has 0 saturated heterocycles. The van der Waals surface area contributed by atoms with E-state index >= 15 is 0 Å². The Labute approximate surface area is 116 Å². The Morgan fingerprint density at radius 2 is 1.79 bits per heavy atom.